The Hall–Kier alpha value is -2.54. The quantitative estimate of drug-likeness (QED) is 0.558. The molecule has 0 heterocycles. The van der Waals surface area contributed by atoms with Crippen LogP contribution in [0, 0.1) is 0 Å². The van der Waals surface area contributed by atoms with Gasteiger partial charge in [0.2, 0.25) is 0 Å². The van der Waals surface area contributed by atoms with Crippen LogP contribution in [0.5, 0.6) is 0 Å². The lowest BCUT2D eigenvalue weighted by Crippen LogP contribution is -2.58. The molecule has 7 heteroatoms. The van der Waals surface area contributed by atoms with Gasteiger partial charge in [-0.05, 0) is 37.7 Å². The van der Waals surface area contributed by atoms with E-state index >= 15 is 0 Å². The number of rotatable bonds is 7. The second-order valence-electron chi connectivity index (χ2n) is 6.72. The maximum atomic E-state index is 11.3. The molecule has 26 heavy (non-hydrogen) atoms. The first-order valence-electron chi connectivity index (χ1n) is 8.65. The summed E-state index contributed by atoms with van der Waals surface area (Å²) < 4.78 is 5.43. The number of hydrogen-bond donors (Lipinski definition) is 4. The topological polar surface area (TPSA) is 108 Å². The molecule has 1 aliphatic rings. The molecular weight excluding hydrogens is 336 g/mol. The van der Waals surface area contributed by atoms with Crippen molar-refractivity contribution in [2.45, 2.75) is 49.8 Å². The molecule has 1 saturated carbocycles. The zero-order valence-corrected chi connectivity index (χ0v) is 14.9. The van der Waals surface area contributed by atoms with Crippen LogP contribution in [0.1, 0.15) is 31.2 Å². The third-order valence-electron chi connectivity index (χ3n) is 4.71. The van der Waals surface area contributed by atoms with E-state index in [1.807, 2.05) is 42.5 Å². The average molecular weight is 362 g/mol. The van der Waals surface area contributed by atoms with E-state index in [2.05, 4.69) is 10.6 Å². The second-order valence-corrected chi connectivity index (χ2v) is 6.72. The molecule has 0 aromatic heterocycles. The number of benzene rings is 1. The summed E-state index contributed by atoms with van der Waals surface area (Å²) in [6, 6.07) is 9.61. The van der Waals surface area contributed by atoms with E-state index in [0.29, 0.717) is 25.7 Å². The van der Waals surface area contributed by atoms with Crippen molar-refractivity contribution in [3.63, 3.8) is 0 Å². The molecule has 1 aromatic rings. The average Bonchev–Trinajstić information content (AvgIpc) is 2.58. The molecule has 142 valence electrons. The first-order valence-corrected chi connectivity index (χ1v) is 8.65. The van der Waals surface area contributed by atoms with Crippen molar-refractivity contribution in [1.82, 2.24) is 10.6 Å². The second kappa shape index (κ2) is 9.24. The smallest absolute Gasteiger partial charge is 0.405 e. The highest BCUT2D eigenvalue weighted by atomic mass is 16.5. The highest BCUT2D eigenvalue weighted by Crippen LogP contribution is 2.33. The number of allylic oxidation sites excluding steroid dienone is 1. The number of carboxylic acid groups (broad SMARTS) is 2. The third-order valence-corrected chi connectivity index (χ3v) is 4.71. The Morgan fingerprint density at radius 2 is 1.92 bits per heavy atom. The summed E-state index contributed by atoms with van der Waals surface area (Å²) in [5.41, 5.74) is 0.415. The zero-order chi connectivity index (χ0) is 19.0. The standard InChI is InChI=1S/C19H26N2O5/c1-26-16-11-15(20-17(22)23)12-19(13-16,21-18(24)25)10-6-5-9-14-7-3-2-4-8-14/h2-8,15-16,20-21H,9-13H2,1H3,(H,22,23)(H,24,25)/t15-,16+,19-/m1/s1. The fraction of sp³-hybridized carbons (Fsp3) is 0.474. The lowest BCUT2D eigenvalue weighted by Gasteiger charge is -2.43. The molecule has 0 radical (unpaired) electrons. The molecule has 2 rings (SSSR count). The first kappa shape index (κ1) is 19.8. The molecule has 0 unspecified atom stereocenters. The van der Waals surface area contributed by atoms with Crippen molar-refractivity contribution >= 4 is 12.2 Å². The maximum absolute atomic E-state index is 11.3. The van der Waals surface area contributed by atoms with E-state index in [1.165, 1.54) is 5.56 Å². The predicted molar refractivity (Wildman–Crippen MR) is 97.4 cm³/mol. The highest BCUT2D eigenvalue weighted by molar-refractivity contribution is 5.66. The fourth-order valence-corrected chi connectivity index (χ4v) is 3.63. The molecule has 0 spiro atoms. The number of nitrogens with one attached hydrogen (secondary N) is 2. The lowest BCUT2D eigenvalue weighted by atomic mass is 9.75. The molecule has 0 aliphatic heterocycles. The van der Waals surface area contributed by atoms with Crippen LogP contribution in [-0.4, -0.2) is 47.2 Å². The van der Waals surface area contributed by atoms with E-state index in [1.54, 1.807) is 7.11 Å². The van der Waals surface area contributed by atoms with Crippen molar-refractivity contribution in [3.8, 4) is 0 Å². The van der Waals surface area contributed by atoms with Gasteiger partial charge in [-0.1, -0.05) is 42.5 Å². The zero-order valence-electron chi connectivity index (χ0n) is 14.9. The molecular formula is C19H26N2O5. The minimum atomic E-state index is -1.12. The lowest BCUT2D eigenvalue weighted by molar-refractivity contribution is 0.0191. The Kier molecular flexibility index (Phi) is 7.03. The van der Waals surface area contributed by atoms with Crippen LogP contribution in [-0.2, 0) is 11.2 Å². The van der Waals surface area contributed by atoms with Gasteiger partial charge in [0.05, 0.1) is 11.6 Å². The normalized spacial score (nSPS) is 25.7. The number of amides is 2. The van der Waals surface area contributed by atoms with Crippen LogP contribution in [0.15, 0.2) is 42.5 Å². The molecule has 2 amide bonds. The molecule has 4 N–H and O–H groups in total. The van der Waals surface area contributed by atoms with Crippen LogP contribution in [0.25, 0.3) is 0 Å². The molecule has 1 fully saturated rings. The number of hydrogen-bond acceptors (Lipinski definition) is 3. The van der Waals surface area contributed by atoms with Gasteiger partial charge >= 0.3 is 12.2 Å². The maximum Gasteiger partial charge on any atom is 0.405 e. The van der Waals surface area contributed by atoms with Crippen LogP contribution >= 0.6 is 0 Å². The minimum Gasteiger partial charge on any atom is -0.465 e. The van der Waals surface area contributed by atoms with Gasteiger partial charge in [0, 0.05) is 13.2 Å². The fourth-order valence-electron chi connectivity index (χ4n) is 3.63. The predicted octanol–water partition coefficient (Wildman–Crippen LogP) is 3.02. The summed E-state index contributed by atoms with van der Waals surface area (Å²) in [5, 5.41) is 23.4. The SMILES string of the molecule is CO[C@H]1C[C@@H](NC(=O)O)C[C@@](CC=CCc2ccccc2)(NC(=O)O)C1. The van der Waals surface area contributed by atoms with E-state index in [-0.39, 0.29) is 12.1 Å². The summed E-state index contributed by atoms with van der Waals surface area (Å²) in [7, 11) is 1.56. The Morgan fingerprint density at radius 3 is 2.54 bits per heavy atom. The van der Waals surface area contributed by atoms with E-state index in [0.717, 1.165) is 6.42 Å². The van der Waals surface area contributed by atoms with Gasteiger partial charge < -0.3 is 25.6 Å². The Morgan fingerprint density at radius 1 is 1.19 bits per heavy atom. The van der Waals surface area contributed by atoms with Crippen molar-refractivity contribution in [1.29, 1.82) is 0 Å². The van der Waals surface area contributed by atoms with Gasteiger partial charge in [-0.15, -0.1) is 0 Å². The van der Waals surface area contributed by atoms with E-state index in [4.69, 9.17) is 9.84 Å². The number of methoxy groups -OCH3 is 1. The van der Waals surface area contributed by atoms with Crippen LogP contribution in [0.4, 0.5) is 9.59 Å². The van der Waals surface area contributed by atoms with Gasteiger partial charge in [0.25, 0.3) is 0 Å². The van der Waals surface area contributed by atoms with Crippen LogP contribution < -0.4 is 10.6 Å². The molecule has 3 atom stereocenters. The minimum absolute atomic E-state index is 0.213. The number of ether oxygens (including phenoxy) is 1. The van der Waals surface area contributed by atoms with E-state index in [9.17, 15) is 14.7 Å². The summed E-state index contributed by atoms with van der Waals surface area (Å²) in [6.45, 7) is 0. The van der Waals surface area contributed by atoms with Crippen molar-refractivity contribution < 1.29 is 24.5 Å². The van der Waals surface area contributed by atoms with Gasteiger partial charge in [-0.25, -0.2) is 9.59 Å². The summed E-state index contributed by atoms with van der Waals surface area (Å²) in [6.07, 6.45) is 4.18. The summed E-state index contributed by atoms with van der Waals surface area (Å²) >= 11 is 0. The van der Waals surface area contributed by atoms with Crippen molar-refractivity contribution in [3.05, 3.63) is 48.0 Å². The van der Waals surface area contributed by atoms with Gasteiger partial charge in [-0.3, -0.25) is 0 Å². The molecule has 1 aromatic carbocycles. The van der Waals surface area contributed by atoms with E-state index < -0.39 is 17.7 Å². The molecule has 0 bridgehead atoms. The van der Waals surface area contributed by atoms with Crippen LogP contribution in [0.2, 0.25) is 0 Å². The Bertz CT molecular complexity index is 634. The van der Waals surface area contributed by atoms with Gasteiger partial charge in [-0.2, -0.15) is 0 Å². The first-order chi connectivity index (χ1) is 12.4. The van der Waals surface area contributed by atoms with Crippen molar-refractivity contribution in [2.75, 3.05) is 7.11 Å². The Balaban J connectivity index is 2.09. The third kappa shape index (κ3) is 6.07. The molecule has 0 saturated heterocycles. The largest absolute Gasteiger partial charge is 0.465 e. The Labute approximate surface area is 153 Å². The summed E-state index contributed by atoms with van der Waals surface area (Å²) in [4.78, 5) is 22.3. The molecule has 7 nitrogen and oxygen atoms in total. The van der Waals surface area contributed by atoms with Crippen molar-refractivity contribution in [2.24, 2.45) is 0 Å². The van der Waals surface area contributed by atoms with Gasteiger partial charge in [0.15, 0.2) is 0 Å². The monoisotopic (exact) mass is 362 g/mol. The number of carbonyl (C=O) groups is 2. The summed E-state index contributed by atoms with van der Waals surface area (Å²) in [5.74, 6) is 0. The van der Waals surface area contributed by atoms with Gasteiger partial charge in [0.1, 0.15) is 0 Å². The molecule has 1 aliphatic carbocycles. The highest BCUT2D eigenvalue weighted by Gasteiger charge is 2.41. The van der Waals surface area contributed by atoms with Crippen LogP contribution in [0.3, 0.4) is 0 Å².